The number of carbonyl (C=O) groups excluding carboxylic acids is 2. The molecule has 0 spiro atoms. The highest BCUT2D eigenvalue weighted by Crippen LogP contribution is 2.27. The number of halogens is 2. The predicted molar refractivity (Wildman–Crippen MR) is 82.0 cm³/mol. The lowest BCUT2D eigenvalue weighted by Crippen LogP contribution is -2.40. The maximum Gasteiger partial charge on any atom is 0.227 e. The summed E-state index contributed by atoms with van der Waals surface area (Å²) in [5, 5.41) is 2.66. The number of sulfone groups is 1. The summed E-state index contributed by atoms with van der Waals surface area (Å²) in [5.74, 6) is -3.52. The molecule has 2 fully saturated rings. The SMILES string of the molecule is O=C(NC1CCS(=O)(=O)C1)C1CC(=O)N(c2ccc(F)c(F)c2)C1. The van der Waals surface area contributed by atoms with E-state index < -0.39 is 39.3 Å². The summed E-state index contributed by atoms with van der Waals surface area (Å²) in [6.45, 7) is 0.0508. The van der Waals surface area contributed by atoms with Crippen LogP contribution in [0.2, 0.25) is 0 Å². The quantitative estimate of drug-likeness (QED) is 0.859. The van der Waals surface area contributed by atoms with Crippen LogP contribution in [0.3, 0.4) is 0 Å². The van der Waals surface area contributed by atoms with Crippen LogP contribution >= 0.6 is 0 Å². The monoisotopic (exact) mass is 358 g/mol. The van der Waals surface area contributed by atoms with Crippen molar-refractivity contribution >= 4 is 27.3 Å². The zero-order chi connectivity index (χ0) is 17.5. The van der Waals surface area contributed by atoms with Crippen LogP contribution in [0.25, 0.3) is 0 Å². The van der Waals surface area contributed by atoms with Crippen molar-refractivity contribution in [2.24, 2.45) is 5.92 Å². The van der Waals surface area contributed by atoms with Crippen molar-refractivity contribution in [3.63, 3.8) is 0 Å². The van der Waals surface area contributed by atoms with Gasteiger partial charge in [0.05, 0.1) is 17.4 Å². The van der Waals surface area contributed by atoms with E-state index in [4.69, 9.17) is 0 Å². The Morgan fingerprint density at radius 1 is 1.25 bits per heavy atom. The summed E-state index contributed by atoms with van der Waals surface area (Å²) >= 11 is 0. The fourth-order valence-electron chi connectivity index (χ4n) is 3.01. The van der Waals surface area contributed by atoms with E-state index >= 15 is 0 Å². The zero-order valence-electron chi connectivity index (χ0n) is 12.7. The zero-order valence-corrected chi connectivity index (χ0v) is 13.5. The number of hydrogen-bond acceptors (Lipinski definition) is 4. The lowest BCUT2D eigenvalue weighted by Gasteiger charge is -2.18. The van der Waals surface area contributed by atoms with Crippen molar-refractivity contribution in [3.05, 3.63) is 29.8 Å². The molecule has 2 saturated heterocycles. The molecule has 130 valence electrons. The average Bonchev–Trinajstić information content (AvgIpc) is 3.05. The Morgan fingerprint density at radius 3 is 2.62 bits per heavy atom. The Bertz CT molecular complexity index is 797. The van der Waals surface area contributed by atoms with Gasteiger partial charge >= 0.3 is 0 Å². The Kier molecular flexibility index (Phi) is 4.29. The van der Waals surface area contributed by atoms with Crippen LogP contribution in [-0.4, -0.2) is 44.3 Å². The van der Waals surface area contributed by atoms with Crippen LogP contribution in [0.15, 0.2) is 18.2 Å². The Balaban J connectivity index is 1.66. The van der Waals surface area contributed by atoms with Gasteiger partial charge in [-0.2, -0.15) is 0 Å². The third kappa shape index (κ3) is 3.40. The molecule has 6 nitrogen and oxygen atoms in total. The Morgan fingerprint density at radius 2 is 2.00 bits per heavy atom. The predicted octanol–water partition coefficient (Wildman–Crippen LogP) is 0.621. The van der Waals surface area contributed by atoms with E-state index in [0.717, 1.165) is 12.1 Å². The highest BCUT2D eigenvalue weighted by molar-refractivity contribution is 7.91. The third-order valence-corrected chi connectivity index (χ3v) is 6.06. The van der Waals surface area contributed by atoms with Crippen molar-refractivity contribution in [3.8, 4) is 0 Å². The van der Waals surface area contributed by atoms with E-state index in [1.54, 1.807) is 0 Å². The van der Waals surface area contributed by atoms with Gasteiger partial charge in [0.25, 0.3) is 0 Å². The molecule has 2 aliphatic rings. The molecule has 0 aromatic heterocycles. The average molecular weight is 358 g/mol. The second-order valence-corrected chi connectivity index (χ2v) is 8.34. The number of carbonyl (C=O) groups is 2. The molecule has 1 N–H and O–H groups in total. The number of nitrogens with one attached hydrogen (secondary N) is 1. The van der Waals surface area contributed by atoms with Gasteiger partial charge in [-0.05, 0) is 18.6 Å². The summed E-state index contributed by atoms with van der Waals surface area (Å²) in [6, 6.07) is 2.68. The van der Waals surface area contributed by atoms with Gasteiger partial charge in [-0.1, -0.05) is 0 Å². The first-order valence-corrected chi connectivity index (χ1v) is 9.33. The molecular weight excluding hydrogens is 342 g/mol. The van der Waals surface area contributed by atoms with Crippen LogP contribution in [0.5, 0.6) is 0 Å². The third-order valence-electron chi connectivity index (χ3n) is 4.29. The summed E-state index contributed by atoms with van der Waals surface area (Å²) in [7, 11) is -3.11. The molecule has 1 aromatic rings. The van der Waals surface area contributed by atoms with Gasteiger partial charge in [0.2, 0.25) is 11.8 Å². The minimum absolute atomic E-state index is 0.0442. The first-order valence-electron chi connectivity index (χ1n) is 7.51. The second-order valence-electron chi connectivity index (χ2n) is 6.11. The molecule has 0 bridgehead atoms. The van der Waals surface area contributed by atoms with Crippen LogP contribution < -0.4 is 10.2 Å². The van der Waals surface area contributed by atoms with Crippen LogP contribution in [0, 0.1) is 17.6 Å². The smallest absolute Gasteiger partial charge is 0.227 e. The van der Waals surface area contributed by atoms with Crippen LogP contribution in [0.4, 0.5) is 14.5 Å². The van der Waals surface area contributed by atoms with Crippen LogP contribution in [-0.2, 0) is 19.4 Å². The summed E-state index contributed by atoms with van der Waals surface area (Å²) in [6.07, 6.45) is 0.311. The number of amides is 2. The van der Waals surface area contributed by atoms with Gasteiger partial charge in [-0.15, -0.1) is 0 Å². The molecule has 2 heterocycles. The normalized spacial score (nSPS) is 25.9. The fraction of sp³-hybridized carbons (Fsp3) is 0.467. The highest BCUT2D eigenvalue weighted by Gasteiger charge is 2.37. The van der Waals surface area contributed by atoms with Gasteiger partial charge in [0.15, 0.2) is 21.5 Å². The molecule has 2 atom stereocenters. The van der Waals surface area contributed by atoms with Crippen molar-refractivity contribution in [2.75, 3.05) is 23.0 Å². The minimum Gasteiger partial charge on any atom is -0.352 e. The Hall–Kier alpha value is -2.03. The minimum atomic E-state index is -3.11. The number of benzene rings is 1. The first-order chi connectivity index (χ1) is 11.2. The molecule has 2 aliphatic heterocycles. The van der Waals surface area contributed by atoms with Gasteiger partial charge in [-0.25, -0.2) is 17.2 Å². The summed E-state index contributed by atoms with van der Waals surface area (Å²) in [5.41, 5.74) is 0.192. The van der Waals surface area contributed by atoms with E-state index in [2.05, 4.69) is 5.32 Å². The Labute approximate surface area is 137 Å². The lowest BCUT2D eigenvalue weighted by atomic mass is 10.1. The number of nitrogens with zero attached hydrogens (tertiary/aromatic N) is 1. The second kappa shape index (κ2) is 6.12. The highest BCUT2D eigenvalue weighted by atomic mass is 32.2. The van der Waals surface area contributed by atoms with Crippen LogP contribution in [0.1, 0.15) is 12.8 Å². The molecule has 0 saturated carbocycles. The fourth-order valence-corrected chi connectivity index (χ4v) is 4.69. The van der Waals surface area contributed by atoms with Gasteiger partial charge in [0.1, 0.15) is 0 Å². The number of rotatable bonds is 3. The lowest BCUT2D eigenvalue weighted by molar-refractivity contribution is -0.126. The van der Waals surface area contributed by atoms with Crippen molar-refractivity contribution in [2.45, 2.75) is 18.9 Å². The van der Waals surface area contributed by atoms with Gasteiger partial charge in [0, 0.05) is 30.8 Å². The van der Waals surface area contributed by atoms with E-state index in [0.29, 0.717) is 6.42 Å². The molecular formula is C15H16F2N2O4S. The van der Waals surface area contributed by atoms with Crippen molar-refractivity contribution < 1.29 is 26.8 Å². The molecule has 3 rings (SSSR count). The molecule has 0 radical (unpaired) electrons. The largest absolute Gasteiger partial charge is 0.352 e. The topological polar surface area (TPSA) is 83.5 Å². The molecule has 9 heteroatoms. The molecule has 2 amide bonds. The molecule has 1 aromatic carbocycles. The van der Waals surface area contributed by atoms with Crippen molar-refractivity contribution in [1.29, 1.82) is 0 Å². The van der Waals surface area contributed by atoms with Crippen molar-refractivity contribution in [1.82, 2.24) is 5.32 Å². The maximum absolute atomic E-state index is 13.3. The van der Waals surface area contributed by atoms with Gasteiger partial charge < -0.3 is 10.2 Å². The summed E-state index contributed by atoms with van der Waals surface area (Å²) in [4.78, 5) is 25.5. The van der Waals surface area contributed by atoms with E-state index in [9.17, 15) is 26.8 Å². The van der Waals surface area contributed by atoms with Gasteiger partial charge in [-0.3, -0.25) is 9.59 Å². The first kappa shape index (κ1) is 16.8. The molecule has 0 aliphatic carbocycles. The van der Waals surface area contributed by atoms with E-state index in [-0.39, 0.29) is 36.1 Å². The molecule has 2 unspecified atom stereocenters. The number of anilines is 1. The number of hydrogen-bond donors (Lipinski definition) is 1. The summed E-state index contributed by atoms with van der Waals surface area (Å²) < 4.78 is 49.1. The van der Waals surface area contributed by atoms with E-state index in [1.165, 1.54) is 11.0 Å². The van der Waals surface area contributed by atoms with E-state index in [1.807, 2.05) is 0 Å². The maximum atomic E-state index is 13.3. The standard InChI is InChI=1S/C15H16F2N2O4S/c16-12-2-1-11(6-13(12)17)19-7-9(5-14(19)20)15(21)18-10-3-4-24(22,23)8-10/h1-2,6,9-10H,3-5,7-8H2,(H,18,21). The molecule has 24 heavy (non-hydrogen) atoms.